The summed E-state index contributed by atoms with van der Waals surface area (Å²) in [6, 6.07) is 17.5. The van der Waals surface area contributed by atoms with E-state index >= 15 is 0 Å². The van der Waals surface area contributed by atoms with Crippen LogP contribution in [0.3, 0.4) is 0 Å². The van der Waals surface area contributed by atoms with E-state index in [1.807, 2.05) is 68.4 Å². The van der Waals surface area contributed by atoms with Gasteiger partial charge in [0.25, 0.3) is 0 Å². The number of aryl methyl sites for hydroxylation is 2. The first-order chi connectivity index (χ1) is 13.6. The fourth-order valence-corrected chi connectivity index (χ4v) is 3.03. The van der Waals surface area contributed by atoms with Gasteiger partial charge in [-0.05, 0) is 67.9 Å². The molecule has 140 valence electrons. The van der Waals surface area contributed by atoms with Crippen molar-refractivity contribution in [2.45, 2.75) is 20.5 Å². The number of nitrogens with one attached hydrogen (secondary N) is 1. The van der Waals surface area contributed by atoms with Crippen molar-refractivity contribution < 1.29 is 4.74 Å². The molecular formula is C22H21N5O. The number of hydrogen-bond donors (Lipinski definition) is 2. The van der Waals surface area contributed by atoms with E-state index in [0.29, 0.717) is 18.1 Å². The molecular weight excluding hydrogens is 350 g/mol. The number of fused-ring (bicyclic) bond motifs is 1. The van der Waals surface area contributed by atoms with E-state index in [2.05, 4.69) is 20.3 Å². The van der Waals surface area contributed by atoms with Crippen molar-refractivity contribution in [2.75, 3.05) is 11.1 Å². The molecule has 0 fully saturated rings. The Hall–Kier alpha value is -3.67. The minimum absolute atomic E-state index is 0.436. The zero-order valence-corrected chi connectivity index (χ0v) is 15.8. The Labute approximate surface area is 163 Å². The SMILES string of the molecule is Cc1cccc(COc2ccc(Nc3ncnc4ccc(N)cc34)cc2C)n1. The minimum Gasteiger partial charge on any atom is -0.487 e. The largest absolute Gasteiger partial charge is 0.487 e. The first kappa shape index (κ1) is 17.7. The van der Waals surface area contributed by atoms with Gasteiger partial charge in [-0.15, -0.1) is 0 Å². The minimum atomic E-state index is 0.436. The van der Waals surface area contributed by atoms with Crippen LogP contribution in [0.15, 0.2) is 60.9 Å². The highest BCUT2D eigenvalue weighted by Gasteiger charge is 2.07. The lowest BCUT2D eigenvalue weighted by Crippen LogP contribution is -2.01. The summed E-state index contributed by atoms with van der Waals surface area (Å²) in [5, 5.41) is 4.23. The molecule has 3 N–H and O–H groups in total. The third-order valence-corrected chi connectivity index (χ3v) is 4.42. The number of rotatable bonds is 5. The second kappa shape index (κ2) is 7.52. The van der Waals surface area contributed by atoms with Crippen molar-refractivity contribution in [1.29, 1.82) is 0 Å². The Bertz CT molecular complexity index is 1140. The van der Waals surface area contributed by atoms with Crippen LogP contribution in [0.4, 0.5) is 17.2 Å². The number of benzene rings is 2. The number of nitrogens with two attached hydrogens (primary N) is 1. The van der Waals surface area contributed by atoms with E-state index in [0.717, 1.165) is 39.3 Å². The molecule has 0 radical (unpaired) electrons. The molecule has 0 atom stereocenters. The first-order valence-electron chi connectivity index (χ1n) is 9.02. The molecule has 6 nitrogen and oxygen atoms in total. The lowest BCUT2D eigenvalue weighted by atomic mass is 10.2. The van der Waals surface area contributed by atoms with Crippen molar-refractivity contribution >= 4 is 28.1 Å². The Balaban J connectivity index is 1.53. The molecule has 28 heavy (non-hydrogen) atoms. The number of nitrogen functional groups attached to an aromatic ring is 1. The van der Waals surface area contributed by atoms with Crippen LogP contribution in [0, 0.1) is 13.8 Å². The molecule has 0 bridgehead atoms. The average Bonchev–Trinajstić information content (AvgIpc) is 2.68. The van der Waals surface area contributed by atoms with Gasteiger partial charge >= 0.3 is 0 Å². The fraction of sp³-hybridized carbons (Fsp3) is 0.136. The Morgan fingerprint density at radius 1 is 1.00 bits per heavy atom. The van der Waals surface area contributed by atoms with Gasteiger partial charge in [0, 0.05) is 22.5 Å². The summed E-state index contributed by atoms with van der Waals surface area (Å²) in [6.45, 7) is 4.42. The molecule has 0 aliphatic heterocycles. The highest BCUT2D eigenvalue weighted by Crippen LogP contribution is 2.28. The lowest BCUT2D eigenvalue weighted by Gasteiger charge is -2.13. The van der Waals surface area contributed by atoms with Gasteiger partial charge in [0.05, 0.1) is 11.2 Å². The van der Waals surface area contributed by atoms with Crippen molar-refractivity contribution in [1.82, 2.24) is 15.0 Å². The highest BCUT2D eigenvalue weighted by molar-refractivity contribution is 5.92. The molecule has 4 rings (SSSR count). The second-order valence-electron chi connectivity index (χ2n) is 6.66. The van der Waals surface area contributed by atoms with E-state index in [1.54, 1.807) is 6.33 Å². The van der Waals surface area contributed by atoms with Gasteiger partial charge in [-0.3, -0.25) is 4.98 Å². The topological polar surface area (TPSA) is 86.0 Å². The summed E-state index contributed by atoms with van der Waals surface area (Å²) >= 11 is 0. The van der Waals surface area contributed by atoms with Gasteiger partial charge in [0.2, 0.25) is 0 Å². The van der Waals surface area contributed by atoms with Crippen LogP contribution in [0.1, 0.15) is 17.0 Å². The quantitative estimate of drug-likeness (QED) is 0.501. The fourth-order valence-electron chi connectivity index (χ4n) is 3.03. The van der Waals surface area contributed by atoms with Crippen LogP contribution in [-0.2, 0) is 6.61 Å². The van der Waals surface area contributed by atoms with Gasteiger partial charge in [-0.2, -0.15) is 0 Å². The molecule has 2 heterocycles. The Kier molecular flexibility index (Phi) is 4.76. The van der Waals surface area contributed by atoms with Crippen LogP contribution in [0.5, 0.6) is 5.75 Å². The Morgan fingerprint density at radius 2 is 1.89 bits per heavy atom. The average molecular weight is 371 g/mol. The summed E-state index contributed by atoms with van der Waals surface area (Å²) in [4.78, 5) is 13.1. The van der Waals surface area contributed by atoms with Crippen LogP contribution in [0.2, 0.25) is 0 Å². The normalized spacial score (nSPS) is 10.8. The monoisotopic (exact) mass is 371 g/mol. The van der Waals surface area contributed by atoms with E-state index < -0.39 is 0 Å². The zero-order valence-electron chi connectivity index (χ0n) is 15.8. The van der Waals surface area contributed by atoms with Crippen LogP contribution in [-0.4, -0.2) is 15.0 Å². The first-order valence-corrected chi connectivity index (χ1v) is 9.02. The maximum absolute atomic E-state index is 5.94. The summed E-state index contributed by atoms with van der Waals surface area (Å²) in [7, 11) is 0. The summed E-state index contributed by atoms with van der Waals surface area (Å²) in [6.07, 6.45) is 1.54. The van der Waals surface area contributed by atoms with Gasteiger partial charge in [0.15, 0.2) is 0 Å². The number of aromatic nitrogens is 3. The standard InChI is InChI=1S/C22H21N5O/c1-14-10-17(7-9-21(14)28-12-18-5-3-4-15(2)26-18)27-22-19-11-16(23)6-8-20(19)24-13-25-22/h3-11,13H,12,23H2,1-2H3,(H,24,25,27). The van der Waals surface area contributed by atoms with Gasteiger partial charge in [-0.1, -0.05) is 6.07 Å². The summed E-state index contributed by atoms with van der Waals surface area (Å²) in [5.41, 5.74) is 11.3. The van der Waals surface area contributed by atoms with Gasteiger partial charge in [-0.25, -0.2) is 9.97 Å². The number of ether oxygens (including phenoxy) is 1. The maximum Gasteiger partial charge on any atom is 0.141 e. The molecule has 0 aliphatic rings. The third kappa shape index (κ3) is 3.86. The predicted molar refractivity (Wildman–Crippen MR) is 112 cm³/mol. The van der Waals surface area contributed by atoms with Crippen LogP contribution < -0.4 is 15.8 Å². The zero-order chi connectivity index (χ0) is 19.5. The van der Waals surface area contributed by atoms with E-state index in [9.17, 15) is 0 Å². The lowest BCUT2D eigenvalue weighted by molar-refractivity contribution is 0.299. The van der Waals surface area contributed by atoms with E-state index in [1.165, 1.54) is 0 Å². The molecule has 6 heteroatoms. The molecule has 0 spiro atoms. The molecule has 0 saturated heterocycles. The van der Waals surface area contributed by atoms with Crippen LogP contribution in [0.25, 0.3) is 10.9 Å². The molecule has 2 aromatic heterocycles. The van der Waals surface area contributed by atoms with E-state index in [-0.39, 0.29) is 0 Å². The van der Waals surface area contributed by atoms with Crippen molar-refractivity contribution in [3.05, 3.63) is 77.9 Å². The molecule has 0 aliphatic carbocycles. The van der Waals surface area contributed by atoms with Crippen molar-refractivity contribution in [3.63, 3.8) is 0 Å². The van der Waals surface area contributed by atoms with Crippen molar-refractivity contribution in [2.24, 2.45) is 0 Å². The summed E-state index contributed by atoms with van der Waals surface area (Å²) < 4.78 is 5.94. The van der Waals surface area contributed by atoms with Gasteiger partial charge in [0.1, 0.15) is 24.5 Å². The number of anilines is 3. The molecule has 0 amide bonds. The number of nitrogens with zero attached hydrogens (tertiary/aromatic N) is 3. The van der Waals surface area contributed by atoms with Crippen LogP contribution >= 0.6 is 0 Å². The molecule has 0 saturated carbocycles. The second-order valence-corrected chi connectivity index (χ2v) is 6.66. The number of hydrogen-bond acceptors (Lipinski definition) is 6. The van der Waals surface area contributed by atoms with Gasteiger partial charge < -0.3 is 15.8 Å². The smallest absolute Gasteiger partial charge is 0.141 e. The molecule has 4 aromatic rings. The third-order valence-electron chi connectivity index (χ3n) is 4.42. The summed E-state index contributed by atoms with van der Waals surface area (Å²) in [5.74, 6) is 1.54. The predicted octanol–water partition coefficient (Wildman–Crippen LogP) is 4.55. The molecule has 0 unspecified atom stereocenters. The maximum atomic E-state index is 5.94. The molecule has 2 aromatic carbocycles. The van der Waals surface area contributed by atoms with Crippen molar-refractivity contribution in [3.8, 4) is 5.75 Å². The van der Waals surface area contributed by atoms with E-state index in [4.69, 9.17) is 10.5 Å². The Morgan fingerprint density at radius 3 is 2.71 bits per heavy atom. The number of pyridine rings is 1. The highest BCUT2D eigenvalue weighted by atomic mass is 16.5.